The summed E-state index contributed by atoms with van der Waals surface area (Å²) >= 11 is 0. The highest BCUT2D eigenvalue weighted by atomic mass is 32.2. The van der Waals surface area contributed by atoms with Gasteiger partial charge >= 0.3 is 0 Å². The molecule has 3 nitrogen and oxygen atoms in total. The molecule has 1 aromatic rings. The third-order valence-electron chi connectivity index (χ3n) is 3.00. The summed E-state index contributed by atoms with van der Waals surface area (Å²) in [4.78, 5) is 0.376. The van der Waals surface area contributed by atoms with Crippen LogP contribution < -0.4 is 4.74 Å². The molecule has 0 unspecified atom stereocenters. The molecule has 0 aliphatic rings. The lowest BCUT2D eigenvalue weighted by Gasteiger charge is -2.17. The van der Waals surface area contributed by atoms with Crippen molar-refractivity contribution in [1.29, 1.82) is 0 Å². The van der Waals surface area contributed by atoms with Gasteiger partial charge in [0.15, 0.2) is 9.84 Å². The number of rotatable bonds is 7. The van der Waals surface area contributed by atoms with Crippen molar-refractivity contribution < 1.29 is 13.2 Å². The zero-order valence-corrected chi connectivity index (χ0v) is 13.8. The van der Waals surface area contributed by atoms with Gasteiger partial charge in [0.2, 0.25) is 0 Å². The van der Waals surface area contributed by atoms with Gasteiger partial charge in [-0.2, -0.15) is 0 Å². The molecule has 0 aliphatic carbocycles. The lowest BCUT2D eigenvalue weighted by Crippen LogP contribution is -2.08. The van der Waals surface area contributed by atoms with Crippen LogP contribution in [-0.4, -0.2) is 20.8 Å². The SMILES string of the molecule is CCCS(=O)(=O)c1ccc(OCCCC(C)(C)C)cc1. The molecule has 0 aromatic heterocycles. The molecule has 0 bridgehead atoms. The molecule has 0 amide bonds. The normalized spacial score (nSPS) is 12.4. The molecule has 0 radical (unpaired) electrons. The van der Waals surface area contributed by atoms with Gasteiger partial charge in [0.25, 0.3) is 0 Å². The van der Waals surface area contributed by atoms with E-state index in [1.54, 1.807) is 24.3 Å². The molecular formula is C16H26O3S. The van der Waals surface area contributed by atoms with E-state index in [4.69, 9.17) is 4.74 Å². The van der Waals surface area contributed by atoms with E-state index in [2.05, 4.69) is 20.8 Å². The molecule has 0 heterocycles. The molecule has 0 saturated carbocycles. The molecule has 0 saturated heterocycles. The summed E-state index contributed by atoms with van der Waals surface area (Å²) in [5.41, 5.74) is 0.321. The van der Waals surface area contributed by atoms with E-state index in [0.29, 0.717) is 23.3 Å². The summed E-state index contributed by atoms with van der Waals surface area (Å²) in [5, 5.41) is 0. The molecule has 1 rings (SSSR count). The molecule has 1 aromatic carbocycles. The van der Waals surface area contributed by atoms with E-state index in [9.17, 15) is 8.42 Å². The Labute approximate surface area is 123 Å². The molecule has 0 aliphatic heterocycles. The fourth-order valence-electron chi connectivity index (χ4n) is 1.92. The van der Waals surface area contributed by atoms with Gasteiger partial charge in [0.1, 0.15) is 5.75 Å². The van der Waals surface area contributed by atoms with Gasteiger partial charge in [-0.1, -0.05) is 27.7 Å². The van der Waals surface area contributed by atoms with Crippen LogP contribution >= 0.6 is 0 Å². The van der Waals surface area contributed by atoms with E-state index in [1.165, 1.54) is 0 Å². The van der Waals surface area contributed by atoms with Crippen molar-refractivity contribution >= 4 is 9.84 Å². The second-order valence-electron chi connectivity index (χ2n) is 6.30. The van der Waals surface area contributed by atoms with Crippen LogP contribution in [0.5, 0.6) is 5.75 Å². The Morgan fingerprint density at radius 2 is 1.70 bits per heavy atom. The number of benzene rings is 1. The average molecular weight is 298 g/mol. The lowest BCUT2D eigenvalue weighted by atomic mass is 9.91. The number of hydrogen-bond donors (Lipinski definition) is 0. The maximum atomic E-state index is 11.9. The summed E-state index contributed by atoms with van der Waals surface area (Å²) in [6, 6.07) is 6.73. The molecule has 0 fully saturated rings. The highest BCUT2D eigenvalue weighted by Gasteiger charge is 2.13. The summed E-state index contributed by atoms with van der Waals surface area (Å²) in [5.74, 6) is 0.924. The van der Waals surface area contributed by atoms with Crippen molar-refractivity contribution in [2.24, 2.45) is 5.41 Å². The van der Waals surface area contributed by atoms with Crippen LogP contribution in [0.2, 0.25) is 0 Å². The second-order valence-corrected chi connectivity index (χ2v) is 8.41. The first-order valence-electron chi connectivity index (χ1n) is 7.20. The van der Waals surface area contributed by atoms with Gasteiger partial charge in [-0.15, -0.1) is 0 Å². The van der Waals surface area contributed by atoms with E-state index in [0.717, 1.165) is 18.6 Å². The largest absolute Gasteiger partial charge is 0.494 e. The minimum atomic E-state index is -3.13. The van der Waals surface area contributed by atoms with Crippen LogP contribution in [-0.2, 0) is 9.84 Å². The van der Waals surface area contributed by atoms with E-state index >= 15 is 0 Å². The Morgan fingerprint density at radius 1 is 1.10 bits per heavy atom. The maximum absolute atomic E-state index is 11.9. The Kier molecular flexibility index (Phi) is 6.06. The lowest BCUT2D eigenvalue weighted by molar-refractivity contribution is 0.269. The molecule has 0 atom stereocenters. The second kappa shape index (κ2) is 7.11. The fourth-order valence-corrected chi connectivity index (χ4v) is 3.25. The summed E-state index contributed by atoms with van der Waals surface area (Å²) in [7, 11) is -3.13. The van der Waals surface area contributed by atoms with E-state index in [-0.39, 0.29) is 5.75 Å². The van der Waals surface area contributed by atoms with Crippen molar-refractivity contribution in [3.8, 4) is 5.75 Å². The van der Waals surface area contributed by atoms with Gasteiger partial charge in [-0.3, -0.25) is 0 Å². The Morgan fingerprint density at radius 3 is 2.20 bits per heavy atom. The highest BCUT2D eigenvalue weighted by molar-refractivity contribution is 7.91. The zero-order valence-electron chi connectivity index (χ0n) is 13.0. The predicted molar refractivity (Wildman–Crippen MR) is 83.0 cm³/mol. The number of sulfone groups is 1. The van der Waals surface area contributed by atoms with Gasteiger partial charge in [0, 0.05) is 0 Å². The van der Waals surface area contributed by atoms with Crippen molar-refractivity contribution in [2.45, 2.75) is 51.9 Å². The van der Waals surface area contributed by atoms with Crippen molar-refractivity contribution in [2.75, 3.05) is 12.4 Å². The minimum Gasteiger partial charge on any atom is -0.494 e. The van der Waals surface area contributed by atoms with Crippen LogP contribution in [0.4, 0.5) is 0 Å². The summed E-state index contributed by atoms with van der Waals surface area (Å²) in [6.07, 6.45) is 2.74. The standard InChI is InChI=1S/C16H26O3S/c1-5-13-20(17,18)15-9-7-14(8-10-15)19-12-6-11-16(2,3)4/h7-10H,5-6,11-13H2,1-4H3. The van der Waals surface area contributed by atoms with Crippen molar-refractivity contribution in [3.63, 3.8) is 0 Å². The van der Waals surface area contributed by atoms with Crippen molar-refractivity contribution in [1.82, 2.24) is 0 Å². The van der Waals surface area contributed by atoms with Crippen LogP contribution in [0.1, 0.15) is 47.0 Å². The molecule has 4 heteroatoms. The summed E-state index contributed by atoms with van der Waals surface area (Å²) in [6.45, 7) is 9.16. The smallest absolute Gasteiger partial charge is 0.178 e. The average Bonchev–Trinajstić information content (AvgIpc) is 2.34. The first-order valence-corrected chi connectivity index (χ1v) is 8.85. The molecular weight excluding hydrogens is 272 g/mol. The van der Waals surface area contributed by atoms with E-state index < -0.39 is 9.84 Å². The van der Waals surface area contributed by atoms with Crippen molar-refractivity contribution in [3.05, 3.63) is 24.3 Å². The van der Waals surface area contributed by atoms with Crippen LogP contribution in [0.25, 0.3) is 0 Å². The Bertz CT molecular complexity index is 496. The molecule has 114 valence electrons. The zero-order chi connectivity index (χ0) is 15.2. The molecule has 0 N–H and O–H groups in total. The Hall–Kier alpha value is -1.03. The van der Waals surface area contributed by atoms with Gasteiger partial charge in [-0.05, 0) is 48.9 Å². The highest BCUT2D eigenvalue weighted by Crippen LogP contribution is 2.21. The molecule has 0 spiro atoms. The van der Waals surface area contributed by atoms with E-state index in [1.807, 2.05) is 6.92 Å². The Balaban J connectivity index is 2.51. The first-order chi connectivity index (χ1) is 9.24. The topological polar surface area (TPSA) is 43.4 Å². The quantitative estimate of drug-likeness (QED) is 0.712. The monoisotopic (exact) mass is 298 g/mol. The third kappa shape index (κ3) is 5.95. The minimum absolute atomic E-state index is 0.193. The first kappa shape index (κ1) is 17.0. The number of hydrogen-bond acceptors (Lipinski definition) is 3. The number of ether oxygens (including phenoxy) is 1. The van der Waals surface area contributed by atoms with Gasteiger partial charge in [-0.25, -0.2) is 8.42 Å². The van der Waals surface area contributed by atoms with Gasteiger partial charge in [0.05, 0.1) is 17.3 Å². The van der Waals surface area contributed by atoms with Crippen LogP contribution in [0.15, 0.2) is 29.2 Å². The van der Waals surface area contributed by atoms with Crippen LogP contribution in [0.3, 0.4) is 0 Å². The molecule has 20 heavy (non-hydrogen) atoms. The van der Waals surface area contributed by atoms with Crippen LogP contribution in [0, 0.1) is 5.41 Å². The third-order valence-corrected chi connectivity index (χ3v) is 4.93. The fraction of sp³-hybridized carbons (Fsp3) is 0.625. The summed E-state index contributed by atoms with van der Waals surface area (Å²) < 4.78 is 29.4. The maximum Gasteiger partial charge on any atom is 0.178 e. The van der Waals surface area contributed by atoms with Gasteiger partial charge < -0.3 is 4.74 Å². The predicted octanol–water partition coefficient (Wildman–Crippen LogP) is 4.08.